The van der Waals surface area contributed by atoms with Crippen LogP contribution in [0, 0.1) is 19.3 Å². The average Bonchev–Trinajstić information content (AvgIpc) is 3.73. The summed E-state index contributed by atoms with van der Waals surface area (Å²) in [6, 6.07) is 53.0. The van der Waals surface area contributed by atoms with Gasteiger partial charge >= 0.3 is 0 Å². The largest absolute Gasteiger partial charge is 0.317 e. The average molecular weight is 715 g/mol. The summed E-state index contributed by atoms with van der Waals surface area (Å²) < 4.78 is 0. The summed E-state index contributed by atoms with van der Waals surface area (Å²) in [4.78, 5) is 21.4. The summed E-state index contributed by atoms with van der Waals surface area (Å²) in [5.41, 5.74) is 13.8. The number of allylic oxidation sites excluding steroid dienone is 1. The maximum Gasteiger partial charge on any atom is 0.179 e. The summed E-state index contributed by atoms with van der Waals surface area (Å²) in [5.74, 6) is 1.72. The van der Waals surface area contributed by atoms with Crippen LogP contribution in [0.1, 0.15) is 42.5 Å². The SMILES string of the molecule is C=C1CC2(C)c3cc(C)ccc3N3c4ccccc4N(c4ccc(C)cc4)C3C2(C)C2N(c3ccccc3)c3nc4ccccc4nc3N2c2ccccc21. The second kappa shape index (κ2) is 11.3. The van der Waals surface area contributed by atoms with Gasteiger partial charge in [0.05, 0.1) is 33.5 Å². The van der Waals surface area contributed by atoms with Crippen LogP contribution in [0.4, 0.5) is 45.8 Å². The summed E-state index contributed by atoms with van der Waals surface area (Å²) in [5, 5.41) is 0. The smallest absolute Gasteiger partial charge is 0.179 e. The van der Waals surface area contributed by atoms with Crippen molar-refractivity contribution in [2.24, 2.45) is 5.41 Å². The van der Waals surface area contributed by atoms with E-state index in [1.807, 2.05) is 0 Å². The zero-order valence-corrected chi connectivity index (χ0v) is 31.6. The fraction of sp³-hybridized carbons (Fsp3) is 0.184. The molecule has 55 heavy (non-hydrogen) atoms. The van der Waals surface area contributed by atoms with Gasteiger partial charge in [-0.3, -0.25) is 0 Å². The van der Waals surface area contributed by atoms with Crippen molar-refractivity contribution in [3.8, 4) is 0 Å². The van der Waals surface area contributed by atoms with Crippen LogP contribution in [0.5, 0.6) is 0 Å². The third-order valence-electron chi connectivity index (χ3n) is 13.1. The minimum atomic E-state index is -0.571. The highest BCUT2D eigenvalue weighted by molar-refractivity contribution is 5.96. The van der Waals surface area contributed by atoms with E-state index < -0.39 is 10.8 Å². The number of anilines is 8. The zero-order chi connectivity index (χ0) is 37.2. The lowest BCUT2D eigenvalue weighted by molar-refractivity contribution is 0.0791. The van der Waals surface area contributed by atoms with Gasteiger partial charge in [-0.05, 0) is 92.1 Å². The van der Waals surface area contributed by atoms with Gasteiger partial charge in [-0.25, -0.2) is 9.97 Å². The predicted octanol–water partition coefficient (Wildman–Crippen LogP) is 11.9. The van der Waals surface area contributed by atoms with Crippen LogP contribution in [-0.2, 0) is 5.41 Å². The molecule has 0 saturated heterocycles. The highest BCUT2D eigenvalue weighted by atomic mass is 15.5. The van der Waals surface area contributed by atoms with Crippen LogP contribution >= 0.6 is 0 Å². The third-order valence-corrected chi connectivity index (χ3v) is 13.1. The number of hydrogen-bond acceptors (Lipinski definition) is 6. The number of benzene rings is 6. The second-order valence-corrected chi connectivity index (χ2v) is 16.2. The molecule has 6 heteroatoms. The van der Waals surface area contributed by atoms with Crippen LogP contribution in [-0.4, -0.2) is 22.3 Å². The molecule has 4 unspecified atom stereocenters. The molecule has 4 aliphatic heterocycles. The molecule has 4 atom stereocenters. The Kier molecular flexibility index (Phi) is 6.59. The molecule has 268 valence electrons. The van der Waals surface area contributed by atoms with Gasteiger partial charge in [0.25, 0.3) is 0 Å². The summed E-state index contributed by atoms with van der Waals surface area (Å²) in [6.45, 7) is 14.4. The predicted molar refractivity (Wildman–Crippen MR) is 226 cm³/mol. The highest BCUT2D eigenvalue weighted by Gasteiger charge is 2.69. The molecule has 0 radical (unpaired) electrons. The lowest BCUT2D eigenvalue weighted by Gasteiger charge is -2.64. The van der Waals surface area contributed by atoms with Crippen molar-refractivity contribution >= 4 is 62.4 Å². The van der Waals surface area contributed by atoms with Crippen molar-refractivity contribution in [1.82, 2.24) is 9.97 Å². The van der Waals surface area contributed by atoms with Crippen molar-refractivity contribution in [2.45, 2.75) is 51.9 Å². The normalized spacial score (nSPS) is 23.2. The molecule has 0 saturated carbocycles. The van der Waals surface area contributed by atoms with Crippen LogP contribution in [0.25, 0.3) is 16.6 Å². The van der Waals surface area contributed by atoms with E-state index in [1.165, 1.54) is 39.4 Å². The maximum atomic E-state index is 5.54. The topological polar surface area (TPSA) is 38.7 Å². The van der Waals surface area contributed by atoms with Gasteiger partial charge in [0.15, 0.2) is 11.6 Å². The monoisotopic (exact) mass is 714 g/mol. The number of aromatic nitrogens is 2. The Morgan fingerprint density at radius 2 is 1.07 bits per heavy atom. The molecule has 0 amide bonds. The standard InChI is InChI=1S/C49H42N6/c1-31-23-26-35(27-24-31)52-42-21-13-14-22-43(42)54-41-28-25-32(2)29-37(41)48(4)30-33(3)36-17-9-12-20-40(36)55-45-44(50-38-18-10-11-19-39(38)51-45)53(34-15-7-6-8-16-34)47(55)49(48,5)46(52)54/h6-29,46-47H,3,30H2,1-2,4-5H3. The number of nitrogens with zero attached hydrogens (tertiary/aromatic N) is 6. The number of para-hydroxylation sites is 6. The van der Waals surface area contributed by atoms with Gasteiger partial charge in [-0.1, -0.05) is 116 Å². The molecule has 7 aromatic rings. The van der Waals surface area contributed by atoms with E-state index >= 15 is 0 Å². The van der Waals surface area contributed by atoms with Gasteiger partial charge in [-0.15, -0.1) is 0 Å². The molecular formula is C49H42N6. The first kappa shape index (κ1) is 32.1. The molecule has 0 spiro atoms. The summed E-state index contributed by atoms with van der Waals surface area (Å²) >= 11 is 0. The van der Waals surface area contributed by atoms with E-state index in [1.54, 1.807) is 0 Å². The van der Waals surface area contributed by atoms with E-state index in [9.17, 15) is 0 Å². The Labute approximate surface area is 322 Å². The number of rotatable bonds is 2. The Morgan fingerprint density at radius 1 is 0.527 bits per heavy atom. The molecule has 6 aromatic carbocycles. The molecule has 0 N–H and O–H groups in total. The van der Waals surface area contributed by atoms with E-state index in [-0.39, 0.29) is 12.3 Å². The molecular weight excluding hydrogens is 673 g/mol. The Bertz CT molecular complexity index is 2710. The van der Waals surface area contributed by atoms with E-state index in [2.05, 4.69) is 193 Å². The first-order valence-corrected chi connectivity index (χ1v) is 19.3. The van der Waals surface area contributed by atoms with Gasteiger partial charge in [-0.2, -0.15) is 0 Å². The zero-order valence-electron chi connectivity index (χ0n) is 31.6. The Balaban J connectivity index is 1.31. The minimum Gasteiger partial charge on any atom is -0.317 e. The highest BCUT2D eigenvalue weighted by Crippen LogP contribution is 2.69. The lowest BCUT2D eigenvalue weighted by Crippen LogP contribution is -2.71. The molecule has 1 aromatic heterocycles. The molecule has 11 rings (SSSR count). The van der Waals surface area contributed by atoms with Crippen LogP contribution in [0.2, 0.25) is 0 Å². The molecule has 6 nitrogen and oxygen atoms in total. The molecule has 5 heterocycles. The first-order valence-electron chi connectivity index (χ1n) is 19.3. The van der Waals surface area contributed by atoms with E-state index in [0.29, 0.717) is 0 Å². The van der Waals surface area contributed by atoms with Gasteiger partial charge in [0.1, 0.15) is 12.3 Å². The van der Waals surface area contributed by atoms with Crippen molar-refractivity contribution in [3.63, 3.8) is 0 Å². The van der Waals surface area contributed by atoms with Gasteiger partial charge in [0.2, 0.25) is 0 Å². The quantitative estimate of drug-likeness (QED) is 0.178. The number of hydrogen-bond donors (Lipinski definition) is 0. The van der Waals surface area contributed by atoms with Crippen LogP contribution in [0.15, 0.2) is 152 Å². The van der Waals surface area contributed by atoms with Crippen molar-refractivity contribution in [3.05, 3.63) is 174 Å². The van der Waals surface area contributed by atoms with Crippen LogP contribution in [0.3, 0.4) is 0 Å². The molecule has 4 aliphatic rings. The Hall–Kier alpha value is -6.40. The molecule has 0 aliphatic carbocycles. The van der Waals surface area contributed by atoms with E-state index in [0.717, 1.165) is 51.6 Å². The van der Waals surface area contributed by atoms with Crippen molar-refractivity contribution in [1.29, 1.82) is 0 Å². The summed E-state index contributed by atoms with van der Waals surface area (Å²) in [7, 11) is 0. The first-order chi connectivity index (χ1) is 26.8. The van der Waals surface area contributed by atoms with E-state index in [4.69, 9.17) is 16.5 Å². The number of aryl methyl sites for hydroxylation is 2. The van der Waals surface area contributed by atoms with Crippen LogP contribution < -0.4 is 19.6 Å². The number of fused-ring (bicyclic) bond motifs is 15. The third kappa shape index (κ3) is 4.20. The fourth-order valence-corrected chi connectivity index (χ4v) is 10.4. The second-order valence-electron chi connectivity index (χ2n) is 16.2. The van der Waals surface area contributed by atoms with Gasteiger partial charge < -0.3 is 19.6 Å². The lowest BCUT2D eigenvalue weighted by atomic mass is 9.52. The van der Waals surface area contributed by atoms with Crippen molar-refractivity contribution in [2.75, 3.05) is 19.6 Å². The van der Waals surface area contributed by atoms with Gasteiger partial charge in [0, 0.05) is 28.0 Å². The Morgan fingerprint density at radius 3 is 1.78 bits per heavy atom. The molecule has 0 fully saturated rings. The maximum absolute atomic E-state index is 5.54. The summed E-state index contributed by atoms with van der Waals surface area (Å²) in [6.07, 6.45) is 0.337. The molecule has 0 bridgehead atoms. The van der Waals surface area contributed by atoms with Crippen molar-refractivity contribution < 1.29 is 0 Å². The fourth-order valence-electron chi connectivity index (χ4n) is 10.4. The minimum absolute atomic E-state index is 0.159.